The van der Waals surface area contributed by atoms with Crippen LogP contribution in [0.15, 0.2) is 12.3 Å². The van der Waals surface area contributed by atoms with Crippen molar-refractivity contribution in [1.82, 2.24) is 9.88 Å². The Labute approximate surface area is 112 Å². The fourth-order valence-electron chi connectivity index (χ4n) is 1.82. The number of carboxylic acid groups (broad SMARTS) is 1. The Morgan fingerprint density at radius 3 is 2.68 bits per heavy atom. The van der Waals surface area contributed by atoms with Crippen molar-refractivity contribution in [3.05, 3.63) is 23.5 Å². The Morgan fingerprint density at radius 2 is 2.16 bits per heavy atom. The van der Waals surface area contributed by atoms with Crippen LogP contribution in [0.25, 0.3) is 0 Å². The lowest BCUT2D eigenvalue weighted by Crippen LogP contribution is -2.30. The van der Waals surface area contributed by atoms with Crippen LogP contribution < -0.4 is 5.32 Å². The number of hydrogen-bond donors (Lipinski definition) is 2. The number of ether oxygens (including phenoxy) is 1. The van der Waals surface area contributed by atoms with Crippen molar-refractivity contribution < 1.29 is 19.4 Å². The molecule has 1 aromatic rings. The first kappa shape index (κ1) is 15.2. The number of aryl methyl sites for hydroxylation is 1. The first-order valence-electron chi connectivity index (χ1n) is 6.15. The molecule has 2 N–H and O–H groups in total. The number of rotatable bonds is 7. The van der Waals surface area contributed by atoms with E-state index in [0.29, 0.717) is 18.7 Å². The molecule has 6 nitrogen and oxygen atoms in total. The maximum atomic E-state index is 11.6. The SMILES string of the molecule is COCc1c(C(=O)O)ccn1CCC(=O)NC(C)C. The number of hydrogen-bond acceptors (Lipinski definition) is 3. The summed E-state index contributed by atoms with van der Waals surface area (Å²) in [5.41, 5.74) is 0.790. The summed E-state index contributed by atoms with van der Waals surface area (Å²) in [4.78, 5) is 22.6. The van der Waals surface area contributed by atoms with E-state index in [1.54, 1.807) is 10.8 Å². The van der Waals surface area contributed by atoms with Gasteiger partial charge in [0, 0.05) is 32.3 Å². The third-order valence-electron chi connectivity index (χ3n) is 2.62. The highest BCUT2D eigenvalue weighted by molar-refractivity contribution is 5.89. The highest BCUT2D eigenvalue weighted by Gasteiger charge is 2.15. The Morgan fingerprint density at radius 1 is 1.47 bits per heavy atom. The van der Waals surface area contributed by atoms with Crippen LogP contribution in [0.5, 0.6) is 0 Å². The van der Waals surface area contributed by atoms with Crippen LogP contribution in [-0.2, 0) is 22.7 Å². The average Bonchev–Trinajstić information content (AvgIpc) is 2.69. The van der Waals surface area contributed by atoms with Gasteiger partial charge in [-0.05, 0) is 19.9 Å². The molecule has 1 heterocycles. The number of carbonyl (C=O) groups is 2. The molecule has 0 fully saturated rings. The van der Waals surface area contributed by atoms with Crippen molar-refractivity contribution in [2.45, 2.75) is 39.5 Å². The van der Waals surface area contributed by atoms with Crippen LogP contribution in [0.1, 0.15) is 36.3 Å². The molecule has 0 aliphatic heterocycles. The van der Waals surface area contributed by atoms with Crippen molar-refractivity contribution in [1.29, 1.82) is 0 Å². The van der Waals surface area contributed by atoms with Gasteiger partial charge in [0.05, 0.1) is 17.9 Å². The minimum atomic E-state index is -0.988. The van der Waals surface area contributed by atoms with Gasteiger partial charge < -0.3 is 19.7 Å². The van der Waals surface area contributed by atoms with Gasteiger partial charge in [-0.25, -0.2) is 4.79 Å². The third-order valence-corrected chi connectivity index (χ3v) is 2.62. The standard InChI is InChI=1S/C13H20N2O4/c1-9(2)14-12(16)5-7-15-6-4-10(13(17)18)11(15)8-19-3/h4,6,9H,5,7-8H2,1-3H3,(H,14,16)(H,17,18). The molecule has 106 valence electrons. The second-order valence-electron chi connectivity index (χ2n) is 4.58. The zero-order valence-electron chi connectivity index (χ0n) is 11.5. The van der Waals surface area contributed by atoms with E-state index in [2.05, 4.69) is 5.32 Å². The number of nitrogens with one attached hydrogen (secondary N) is 1. The first-order chi connectivity index (χ1) is 8.95. The molecular weight excluding hydrogens is 248 g/mol. The molecule has 0 unspecified atom stereocenters. The molecule has 0 spiro atoms. The lowest BCUT2D eigenvalue weighted by molar-refractivity contribution is -0.121. The molecule has 0 radical (unpaired) electrons. The zero-order chi connectivity index (χ0) is 14.4. The summed E-state index contributed by atoms with van der Waals surface area (Å²) in [5, 5.41) is 11.8. The second kappa shape index (κ2) is 6.94. The fourth-order valence-corrected chi connectivity index (χ4v) is 1.82. The van der Waals surface area contributed by atoms with Gasteiger partial charge in [-0.3, -0.25) is 4.79 Å². The molecule has 19 heavy (non-hydrogen) atoms. The number of amides is 1. The van der Waals surface area contributed by atoms with E-state index in [9.17, 15) is 9.59 Å². The molecule has 0 aliphatic carbocycles. The second-order valence-corrected chi connectivity index (χ2v) is 4.58. The van der Waals surface area contributed by atoms with E-state index >= 15 is 0 Å². The molecule has 0 saturated carbocycles. The van der Waals surface area contributed by atoms with Crippen LogP contribution in [0, 0.1) is 0 Å². The smallest absolute Gasteiger partial charge is 0.337 e. The van der Waals surface area contributed by atoms with Gasteiger partial charge in [-0.15, -0.1) is 0 Å². The number of carboxylic acids is 1. The van der Waals surface area contributed by atoms with Gasteiger partial charge in [0.15, 0.2) is 0 Å². The molecule has 0 aromatic carbocycles. The number of aromatic nitrogens is 1. The minimum Gasteiger partial charge on any atom is -0.478 e. The van der Waals surface area contributed by atoms with E-state index in [1.165, 1.54) is 13.2 Å². The predicted octanol–water partition coefficient (Wildman–Crippen LogP) is 1.25. The molecule has 6 heteroatoms. The number of aromatic carboxylic acids is 1. The first-order valence-corrected chi connectivity index (χ1v) is 6.15. The van der Waals surface area contributed by atoms with E-state index in [4.69, 9.17) is 9.84 Å². The summed E-state index contributed by atoms with van der Waals surface area (Å²) in [6, 6.07) is 1.63. The van der Waals surface area contributed by atoms with Gasteiger partial charge in [0.25, 0.3) is 0 Å². The molecule has 0 bridgehead atoms. The summed E-state index contributed by atoms with van der Waals surface area (Å²) in [6.45, 7) is 4.43. The Hall–Kier alpha value is -1.82. The summed E-state index contributed by atoms with van der Waals surface area (Å²) in [5.74, 6) is -1.04. The van der Waals surface area contributed by atoms with Gasteiger partial charge in [-0.2, -0.15) is 0 Å². The van der Waals surface area contributed by atoms with E-state index < -0.39 is 5.97 Å². The summed E-state index contributed by atoms with van der Waals surface area (Å²) in [6.07, 6.45) is 1.98. The monoisotopic (exact) mass is 268 g/mol. The van der Waals surface area contributed by atoms with Gasteiger partial charge in [-0.1, -0.05) is 0 Å². The molecule has 1 aromatic heterocycles. The molecule has 0 saturated heterocycles. The molecule has 1 amide bonds. The van der Waals surface area contributed by atoms with Crippen LogP contribution in [-0.4, -0.2) is 34.7 Å². The average molecular weight is 268 g/mol. The van der Waals surface area contributed by atoms with Crippen molar-refractivity contribution in [3.8, 4) is 0 Å². The topological polar surface area (TPSA) is 80.6 Å². The number of nitrogens with zero attached hydrogens (tertiary/aromatic N) is 1. The van der Waals surface area contributed by atoms with Crippen molar-refractivity contribution in [2.24, 2.45) is 0 Å². The van der Waals surface area contributed by atoms with E-state index in [1.807, 2.05) is 13.8 Å². The highest BCUT2D eigenvalue weighted by Crippen LogP contribution is 2.13. The van der Waals surface area contributed by atoms with Crippen LogP contribution in [0.3, 0.4) is 0 Å². The van der Waals surface area contributed by atoms with Crippen LogP contribution >= 0.6 is 0 Å². The fraction of sp³-hybridized carbons (Fsp3) is 0.538. The maximum Gasteiger partial charge on any atom is 0.337 e. The van der Waals surface area contributed by atoms with Crippen LogP contribution in [0.4, 0.5) is 0 Å². The molecular formula is C13H20N2O4. The maximum absolute atomic E-state index is 11.6. The third kappa shape index (κ3) is 4.40. The predicted molar refractivity (Wildman–Crippen MR) is 70.0 cm³/mol. The number of carbonyl (C=O) groups excluding carboxylic acids is 1. The largest absolute Gasteiger partial charge is 0.478 e. The normalized spacial score (nSPS) is 10.7. The molecule has 0 atom stereocenters. The Kier molecular flexibility index (Phi) is 5.57. The molecule has 1 rings (SSSR count). The van der Waals surface area contributed by atoms with Gasteiger partial charge in [0.1, 0.15) is 0 Å². The van der Waals surface area contributed by atoms with Gasteiger partial charge in [0.2, 0.25) is 5.91 Å². The molecule has 0 aliphatic rings. The summed E-state index contributed by atoms with van der Waals surface area (Å²) >= 11 is 0. The van der Waals surface area contributed by atoms with E-state index in [0.717, 1.165) is 0 Å². The van der Waals surface area contributed by atoms with Gasteiger partial charge >= 0.3 is 5.97 Å². The Bertz CT molecular complexity index is 451. The van der Waals surface area contributed by atoms with Crippen molar-refractivity contribution >= 4 is 11.9 Å². The lowest BCUT2D eigenvalue weighted by atomic mass is 10.2. The minimum absolute atomic E-state index is 0.0519. The van der Waals surface area contributed by atoms with E-state index in [-0.39, 0.29) is 24.1 Å². The summed E-state index contributed by atoms with van der Waals surface area (Å²) < 4.78 is 6.75. The zero-order valence-corrected chi connectivity index (χ0v) is 11.5. The Balaban J connectivity index is 2.72. The van der Waals surface area contributed by atoms with Crippen LogP contribution in [0.2, 0.25) is 0 Å². The lowest BCUT2D eigenvalue weighted by Gasteiger charge is -2.11. The quantitative estimate of drug-likeness (QED) is 0.780. The number of methoxy groups -OCH3 is 1. The highest BCUT2D eigenvalue weighted by atomic mass is 16.5. The summed E-state index contributed by atoms with van der Waals surface area (Å²) in [7, 11) is 1.51. The van der Waals surface area contributed by atoms with Crippen molar-refractivity contribution in [3.63, 3.8) is 0 Å². The van der Waals surface area contributed by atoms with Crippen molar-refractivity contribution in [2.75, 3.05) is 7.11 Å².